The van der Waals surface area contributed by atoms with Crippen molar-refractivity contribution in [3.05, 3.63) is 11.8 Å². The third-order valence-electron chi connectivity index (χ3n) is 2.33. The van der Waals surface area contributed by atoms with Crippen LogP contribution in [0, 0.1) is 0 Å². The SMILES string of the molecule is COC(=O)Cn1nc(C2CC2)cc1N. The molecule has 0 unspecified atom stereocenters. The minimum atomic E-state index is -0.331. The highest BCUT2D eigenvalue weighted by molar-refractivity contribution is 5.69. The summed E-state index contributed by atoms with van der Waals surface area (Å²) in [6, 6.07) is 1.83. The fourth-order valence-electron chi connectivity index (χ4n) is 1.34. The van der Waals surface area contributed by atoms with Gasteiger partial charge in [0, 0.05) is 12.0 Å². The van der Waals surface area contributed by atoms with Crippen molar-refractivity contribution in [3.8, 4) is 0 Å². The number of ether oxygens (including phenoxy) is 1. The van der Waals surface area contributed by atoms with E-state index in [-0.39, 0.29) is 12.5 Å². The standard InChI is InChI=1S/C9H13N3O2/c1-14-9(13)5-12-8(10)4-7(11-12)6-2-3-6/h4,6H,2-3,5,10H2,1H3. The zero-order valence-electron chi connectivity index (χ0n) is 8.06. The molecule has 0 aromatic carbocycles. The average molecular weight is 195 g/mol. The first-order valence-corrected chi connectivity index (χ1v) is 4.60. The monoisotopic (exact) mass is 195 g/mol. The maximum Gasteiger partial charge on any atom is 0.327 e. The zero-order valence-corrected chi connectivity index (χ0v) is 8.06. The number of nitrogens with zero attached hydrogens (tertiary/aromatic N) is 2. The number of carbonyl (C=O) groups is 1. The van der Waals surface area contributed by atoms with Gasteiger partial charge in [-0.2, -0.15) is 5.10 Å². The van der Waals surface area contributed by atoms with Crippen LogP contribution in [0.1, 0.15) is 24.5 Å². The summed E-state index contributed by atoms with van der Waals surface area (Å²) in [4.78, 5) is 11.0. The van der Waals surface area contributed by atoms with E-state index in [1.54, 1.807) is 0 Å². The van der Waals surface area contributed by atoms with Crippen LogP contribution in [0.2, 0.25) is 0 Å². The first kappa shape index (κ1) is 9.05. The number of carbonyl (C=O) groups excluding carboxylic acids is 1. The Balaban J connectivity index is 2.12. The third-order valence-corrected chi connectivity index (χ3v) is 2.33. The van der Waals surface area contributed by atoms with Crippen LogP contribution in [0.5, 0.6) is 0 Å². The lowest BCUT2D eigenvalue weighted by Gasteiger charge is -2.01. The summed E-state index contributed by atoms with van der Waals surface area (Å²) >= 11 is 0. The van der Waals surface area contributed by atoms with Crippen LogP contribution in [0.25, 0.3) is 0 Å². The van der Waals surface area contributed by atoms with Gasteiger partial charge in [0.05, 0.1) is 12.8 Å². The molecule has 2 N–H and O–H groups in total. The summed E-state index contributed by atoms with van der Waals surface area (Å²) in [6.07, 6.45) is 2.35. The van der Waals surface area contributed by atoms with Crippen LogP contribution in [-0.4, -0.2) is 22.9 Å². The van der Waals surface area contributed by atoms with E-state index < -0.39 is 0 Å². The minimum Gasteiger partial charge on any atom is -0.468 e. The van der Waals surface area contributed by atoms with E-state index in [0.717, 1.165) is 5.69 Å². The number of nitrogens with two attached hydrogens (primary N) is 1. The molecule has 5 nitrogen and oxygen atoms in total. The topological polar surface area (TPSA) is 70.1 Å². The number of hydrogen-bond donors (Lipinski definition) is 1. The van der Waals surface area contributed by atoms with Crippen LogP contribution < -0.4 is 5.73 Å². The Hall–Kier alpha value is -1.52. The van der Waals surface area contributed by atoms with Gasteiger partial charge in [-0.3, -0.25) is 4.79 Å². The Labute approximate surface area is 81.8 Å². The molecule has 76 valence electrons. The molecule has 0 amide bonds. The molecule has 1 aliphatic rings. The Bertz CT molecular complexity index is 355. The Morgan fingerprint density at radius 1 is 1.79 bits per heavy atom. The van der Waals surface area contributed by atoms with Crippen molar-refractivity contribution < 1.29 is 9.53 Å². The predicted octanol–water partition coefficient (Wildman–Crippen LogP) is 0.516. The molecule has 14 heavy (non-hydrogen) atoms. The number of rotatable bonds is 3. The number of esters is 1. The Morgan fingerprint density at radius 2 is 2.50 bits per heavy atom. The van der Waals surface area contributed by atoms with Gasteiger partial charge in [0.25, 0.3) is 0 Å². The molecule has 2 rings (SSSR count). The number of anilines is 1. The van der Waals surface area contributed by atoms with E-state index in [4.69, 9.17) is 5.73 Å². The second kappa shape index (κ2) is 3.32. The molecular weight excluding hydrogens is 182 g/mol. The van der Waals surface area contributed by atoms with Gasteiger partial charge in [0.15, 0.2) is 0 Å². The maximum absolute atomic E-state index is 11.0. The molecule has 1 aromatic rings. The smallest absolute Gasteiger partial charge is 0.327 e. The number of methoxy groups -OCH3 is 1. The molecule has 5 heteroatoms. The summed E-state index contributed by atoms with van der Waals surface area (Å²) in [5, 5.41) is 4.25. The van der Waals surface area contributed by atoms with Gasteiger partial charge in [0.2, 0.25) is 0 Å². The van der Waals surface area contributed by atoms with Crippen LogP contribution in [0.15, 0.2) is 6.07 Å². The van der Waals surface area contributed by atoms with E-state index in [1.807, 2.05) is 6.07 Å². The molecular formula is C9H13N3O2. The van der Waals surface area contributed by atoms with Crippen LogP contribution >= 0.6 is 0 Å². The van der Waals surface area contributed by atoms with Crippen molar-refractivity contribution in [1.82, 2.24) is 9.78 Å². The maximum atomic E-state index is 11.0. The highest BCUT2D eigenvalue weighted by atomic mass is 16.5. The molecule has 1 fully saturated rings. The van der Waals surface area contributed by atoms with Crippen molar-refractivity contribution in [2.24, 2.45) is 0 Å². The Morgan fingerprint density at radius 3 is 3.07 bits per heavy atom. The second-order valence-corrected chi connectivity index (χ2v) is 3.50. The molecule has 1 aromatic heterocycles. The summed E-state index contributed by atoms with van der Waals surface area (Å²) in [5.74, 6) is 0.746. The zero-order chi connectivity index (χ0) is 10.1. The van der Waals surface area contributed by atoms with Gasteiger partial charge in [-0.25, -0.2) is 4.68 Å². The van der Waals surface area contributed by atoms with Crippen molar-refractivity contribution in [2.45, 2.75) is 25.3 Å². The number of hydrogen-bond acceptors (Lipinski definition) is 4. The largest absolute Gasteiger partial charge is 0.468 e. The van der Waals surface area contributed by atoms with Gasteiger partial charge in [-0.05, 0) is 12.8 Å². The lowest BCUT2D eigenvalue weighted by molar-refractivity contribution is -0.141. The van der Waals surface area contributed by atoms with Gasteiger partial charge in [-0.1, -0.05) is 0 Å². The number of aromatic nitrogens is 2. The minimum absolute atomic E-state index is 0.0923. The van der Waals surface area contributed by atoms with Crippen molar-refractivity contribution in [1.29, 1.82) is 0 Å². The molecule has 0 bridgehead atoms. The van der Waals surface area contributed by atoms with E-state index in [1.165, 1.54) is 24.6 Å². The van der Waals surface area contributed by atoms with Crippen LogP contribution in [0.3, 0.4) is 0 Å². The quantitative estimate of drug-likeness (QED) is 0.713. The summed E-state index contributed by atoms with van der Waals surface area (Å²) in [6.45, 7) is 0.0923. The highest BCUT2D eigenvalue weighted by Gasteiger charge is 2.27. The highest BCUT2D eigenvalue weighted by Crippen LogP contribution is 2.39. The predicted molar refractivity (Wildman–Crippen MR) is 50.6 cm³/mol. The Kier molecular flexibility index (Phi) is 2.15. The molecule has 0 saturated heterocycles. The lowest BCUT2D eigenvalue weighted by atomic mass is 10.3. The van der Waals surface area contributed by atoms with Gasteiger partial charge in [-0.15, -0.1) is 0 Å². The summed E-state index contributed by atoms with van der Waals surface area (Å²) in [7, 11) is 1.35. The molecule has 1 heterocycles. The van der Waals surface area contributed by atoms with Crippen LogP contribution in [0.4, 0.5) is 5.82 Å². The first-order valence-electron chi connectivity index (χ1n) is 4.60. The molecule has 0 aliphatic heterocycles. The van der Waals surface area contributed by atoms with Crippen molar-refractivity contribution in [2.75, 3.05) is 12.8 Å². The fourth-order valence-corrected chi connectivity index (χ4v) is 1.34. The van der Waals surface area contributed by atoms with Crippen molar-refractivity contribution in [3.63, 3.8) is 0 Å². The van der Waals surface area contributed by atoms with E-state index in [2.05, 4.69) is 9.84 Å². The molecule has 1 aliphatic carbocycles. The van der Waals surface area contributed by atoms with Gasteiger partial charge >= 0.3 is 5.97 Å². The van der Waals surface area contributed by atoms with E-state index >= 15 is 0 Å². The average Bonchev–Trinajstić information content (AvgIpc) is 2.94. The molecule has 1 saturated carbocycles. The summed E-state index contributed by atoms with van der Waals surface area (Å²) < 4.78 is 6.02. The van der Waals surface area contributed by atoms with Gasteiger partial charge < -0.3 is 10.5 Å². The lowest BCUT2D eigenvalue weighted by Crippen LogP contribution is -2.14. The number of nitrogen functional groups attached to an aromatic ring is 1. The molecule has 0 radical (unpaired) electrons. The molecule has 0 atom stereocenters. The van der Waals surface area contributed by atoms with Crippen molar-refractivity contribution >= 4 is 11.8 Å². The van der Waals surface area contributed by atoms with Crippen LogP contribution in [-0.2, 0) is 16.1 Å². The normalized spacial score (nSPS) is 15.5. The summed E-state index contributed by atoms with van der Waals surface area (Å²) in [5.41, 5.74) is 6.69. The third kappa shape index (κ3) is 1.71. The fraction of sp³-hybridized carbons (Fsp3) is 0.556. The second-order valence-electron chi connectivity index (χ2n) is 3.50. The van der Waals surface area contributed by atoms with Gasteiger partial charge in [0.1, 0.15) is 12.4 Å². The molecule has 0 spiro atoms. The van der Waals surface area contributed by atoms with E-state index in [9.17, 15) is 4.79 Å². The first-order chi connectivity index (χ1) is 6.70. The van der Waals surface area contributed by atoms with E-state index in [0.29, 0.717) is 11.7 Å².